The fourth-order valence-electron chi connectivity index (χ4n) is 2.43. The Kier molecular flexibility index (Phi) is 6.65. The zero-order valence-electron chi connectivity index (χ0n) is 14.3. The van der Waals surface area contributed by atoms with Crippen molar-refractivity contribution in [3.8, 4) is 0 Å². The Hall–Kier alpha value is -2.73. The fourth-order valence-corrected chi connectivity index (χ4v) is 2.43. The van der Waals surface area contributed by atoms with Crippen LogP contribution in [-0.2, 0) is 9.59 Å². The lowest BCUT2D eigenvalue weighted by Gasteiger charge is -2.19. The topological polar surface area (TPSA) is 61.4 Å². The highest BCUT2D eigenvalue weighted by Gasteiger charge is 2.13. The molecular weight excluding hydrogens is 321 g/mol. The number of hydrogen-bond donors (Lipinski definition) is 2. The van der Waals surface area contributed by atoms with Crippen LogP contribution in [-0.4, -0.2) is 36.9 Å². The van der Waals surface area contributed by atoms with Crippen LogP contribution in [0.4, 0.5) is 10.1 Å². The van der Waals surface area contributed by atoms with Gasteiger partial charge in [0.2, 0.25) is 11.8 Å². The average Bonchev–Trinajstić information content (AvgIpc) is 2.55. The van der Waals surface area contributed by atoms with E-state index in [9.17, 15) is 14.0 Å². The van der Waals surface area contributed by atoms with Crippen molar-refractivity contribution in [2.45, 2.75) is 13.0 Å². The largest absolute Gasteiger partial charge is 0.348 e. The molecule has 1 atom stereocenters. The molecule has 2 aromatic rings. The van der Waals surface area contributed by atoms with Crippen LogP contribution in [0.2, 0.25) is 0 Å². The third kappa shape index (κ3) is 6.35. The molecule has 6 heteroatoms. The SMILES string of the molecule is C[C@H](NC(=O)CN(C)CC(=O)Nc1cccc(F)c1)c1ccccc1. The summed E-state index contributed by atoms with van der Waals surface area (Å²) in [6, 6.07) is 15.2. The highest BCUT2D eigenvalue weighted by atomic mass is 19.1. The number of anilines is 1. The smallest absolute Gasteiger partial charge is 0.238 e. The van der Waals surface area contributed by atoms with E-state index >= 15 is 0 Å². The first-order valence-corrected chi connectivity index (χ1v) is 8.02. The van der Waals surface area contributed by atoms with Crippen molar-refractivity contribution in [2.75, 3.05) is 25.5 Å². The van der Waals surface area contributed by atoms with Crippen LogP contribution in [0.15, 0.2) is 54.6 Å². The van der Waals surface area contributed by atoms with Gasteiger partial charge in [-0.2, -0.15) is 0 Å². The van der Waals surface area contributed by atoms with Gasteiger partial charge in [0, 0.05) is 5.69 Å². The summed E-state index contributed by atoms with van der Waals surface area (Å²) in [6.07, 6.45) is 0. The number of halogens is 1. The maximum Gasteiger partial charge on any atom is 0.238 e. The lowest BCUT2D eigenvalue weighted by Crippen LogP contribution is -2.39. The van der Waals surface area contributed by atoms with Gasteiger partial charge in [0.1, 0.15) is 5.82 Å². The van der Waals surface area contributed by atoms with Crippen molar-refractivity contribution in [1.29, 1.82) is 0 Å². The van der Waals surface area contributed by atoms with Crippen molar-refractivity contribution in [3.63, 3.8) is 0 Å². The Labute approximate surface area is 146 Å². The molecule has 5 nitrogen and oxygen atoms in total. The van der Waals surface area contributed by atoms with E-state index in [2.05, 4.69) is 10.6 Å². The minimum atomic E-state index is -0.416. The van der Waals surface area contributed by atoms with Crippen LogP contribution < -0.4 is 10.6 Å². The summed E-state index contributed by atoms with van der Waals surface area (Å²) in [5.74, 6) is -0.894. The van der Waals surface area contributed by atoms with Gasteiger partial charge < -0.3 is 10.6 Å². The number of amides is 2. The third-order valence-corrected chi connectivity index (χ3v) is 3.61. The molecule has 0 aliphatic rings. The summed E-state index contributed by atoms with van der Waals surface area (Å²) in [4.78, 5) is 25.6. The van der Waals surface area contributed by atoms with E-state index in [1.807, 2.05) is 37.3 Å². The second kappa shape index (κ2) is 8.94. The van der Waals surface area contributed by atoms with Crippen LogP contribution in [0.5, 0.6) is 0 Å². The van der Waals surface area contributed by atoms with Crippen LogP contribution in [0.25, 0.3) is 0 Å². The van der Waals surface area contributed by atoms with Gasteiger partial charge in [0.25, 0.3) is 0 Å². The molecule has 0 heterocycles. The van der Waals surface area contributed by atoms with Gasteiger partial charge in [-0.3, -0.25) is 14.5 Å². The van der Waals surface area contributed by atoms with E-state index in [-0.39, 0.29) is 30.9 Å². The van der Waals surface area contributed by atoms with Gasteiger partial charge >= 0.3 is 0 Å². The fraction of sp³-hybridized carbons (Fsp3) is 0.263. The monoisotopic (exact) mass is 343 g/mol. The number of hydrogen-bond acceptors (Lipinski definition) is 3. The minimum Gasteiger partial charge on any atom is -0.348 e. The molecule has 0 aromatic heterocycles. The van der Waals surface area contributed by atoms with Crippen LogP contribution in [0.1, 0.15) is 18.5 Å². The first-order chi connectivity index (χ1) is 11.9. The number of nitrogens with one attached hydrogen (secondary N) is 2. The lowest BCUT2D eigenvalue weighted by atomic mass is 10.1. The molecule has 25 heavy (non-hydrogen) atoms. The van der Waals surface area contributed by atoms with Crippen molar-refractivity contribution >= 4 is 17.5 Å². The first kappa shape index (κ1) is 18.6. The summed E-state index contributed by atoms with van der Waals surface area (Å²) >= 11 is 0. The Bertz CT molecular complexity index is 722. The molecule has 0 fully saturated rings. The standard InChI is InChI=1S/C19H22FN3O2/c1-14(15-7-4-3-5-8-15)21-18(24)12-23(2)13-19(25)22-17-10-6-9-16(20)11-17/h3-11,14H,12-13H2,1-2H3,(H,21,24)(H,22,25)/t14-/m0/s1. The van der Waals surface area contributed by atoms with Crippen LogP contribution in [0, 0.1) is 5.82 Å². The number of rotatable bonds is 7. The summed E-state index contributed by atoms with van der Waals surface area (Å²) < 4.78 is 13.1. The molecule has 132 valence electrons. The lowest BCUT2D eigenvalue weighted by molar-refractivity contribution is -0.123. The van der Waals surface area contributed by atoms with Gasteiger partial charge in [0.15, 0.2) is 0 Å². The van der Waals surface area contributed by atoms with Crippen molar-refractivity contribution < 1.29 is 14.0 Å². The summed E-state index contributed by atoms with van der Waals surface area (Å²) in [5.41, 5.74) is 1.41. The highest BCUT2D eigenvalue weighted by molar-refractivity contribution is 5.92. The average molecular weight is 343 g/mol. The number of likely N-dealkylation sites (N-methyl/N-ethyl adjacent to an activating group) is 1. The second-order valence-electron chi connectivity index (χ2n) is 5.93. The summed E-state index contributed by atoms with van der Waals surface area (Å²) in [6.45, 7) is 2.03. The Morgan fingerprint density at radius 1 is 1.04 bits per heavy atom. The molecule has 0 spiro atoms. The maximum absolute atomic E-state index is 13.1. The molecule has 0 bridgehead atoms. The van der Waals surface area contributed by atoms with E-state index in [1.54, 1.807) is 18.0 Å². The normalized spacial score (nSPS) is 11.8. The Morgan fingerprint density at radius 2 is 1.72 bits per heavy atom. The molecule has 2 N–H and O–H groups in total. The van der Waals surface area contributed by atoms with E-state index in [0.717, 1.165) is 5.56 Å². The first-order valence-electron chi connectivity index (χ1n) is 8.02. The summed E-state index contributed by atoms with van der Waals surface area (Å²) in [5, 5.41) is 5.50. The predicted molar refractivity (Wildman–Crippen MR) is 95.5 cm³/mol. The molecule has 0 saturated carbocycles. The molecule has 0 aliphatic carbocycles. The number of carbonyl (C=O) groups excluding carboxylic acids is 2. The molecule has 2 amide bonds. The summed E-state index contributed by atoms with van der Waals surface area (Å²) in [7, 11) is 1.68. The van der Waals surface area contributed by atoms with Gasteiger partial charge in [-0.1, -0.05) is 36.4 Å². The van der Waals surface area contributed by atoms with E-state index in [1.165, 1.54) is 18.2 Å². The van der Waals surface area contributed by atoms with E-state index < -0.39 is 5.82 Å². The van der Waals surface area contributed by atoms with Gasteiger partial charge in [-0.25, -0.2) is 4.39 Å². The molecule has 0 saturated heterocycles. The number of carbonyl (C=O) groups is 2. The zero-order valence-corrected chi connectivity index (χ0v) is 14.3. The van der Waals surface area contributed by atoms with Gasteiger partial charge in [-0.15, -0.1) is 0 Å². The molecule has 0 radical (unpaired) electrons. The van der Waals surface area contributed by atoms with Crippen molar-refractivity contribution in [2.24, 2.45) is 0 Å². The highest BCUT2D eigenvalue weighted by Crippen LogP contribution is 2.11. The third-order valence-electron chi connectivity index (χ3n) is 3.61. The van der Waals surface area contributed by atoms with Crippen molar-refractivity contribution in [3.05, 3.63) is 66.0 Å². The van der Waals surface area contributed by atoms with E-state index in [0.29, 0.717) is 5.69 Å². The Morgan fingerprint density at radius 3 is 2.40 bits per heavy atom. The molecule has 2 rings (SSSR count). The Balaban J connectivity index is 1.78. The molecule has 2 aromatic carbocycles. The van der Waals surface area contributed by atoms with Crippen LogP contribution >= 0.6 is 0 Å². The minimum absolute atomic E-state index is 0.0314. The molecular formula is C19H22FN3O2. The van der Waals surface area contributed by atoms with Gasteiger partial charge in [-0.05, 0) is 37.7 Å². The number of nitrogens with zero attached hydrogens (tertiary/aromatic N) is 1. The maximum atomic E-state index is 13.1. The van der Waals surface area contributed by atoms with Crippen LogP contribution in [0.3, 0.4) is 0 Å². The van der Waals surface area contributed by atoms with E-state index in [4.69, 9.17) is 0 Å². The second-order valence-corrected chi connectivity index (χ2v) is 5.93. The van der Waals surface area contributed by atoms with Gasteiger partial charge in [0.05, 0.1) is 19.1 Å². The predicted octanol–water partition coefficient (Wildman–Crippen LogP) is 2.57. The van der Waals surface area contributed by atoms with Crippen molar-refractivity contribution in [1.82, 2.24) is 10.2 Å². The zero-order chi connectivity index (χ0) is 18.2. The molecule has 0 unspecified atom stereocenters. The quantitative estimate of drug-likeness (QED) is 0.812. The molecule has 0 aliphatic heterocycles. The number of benzene rings is 2.